The van der Waals surface area contributed by atoms with Crippen LogP contribution in [0.5, 0.6) is 5.75 Å². The number of nitrogens with zero attached hydrogens (tertiary/aromatic N) is 1. The van der Waals surface area contributed by atoms with Gasteiger partial charge in [-0.3, -0.25) is 10.1 Å². The first-order valence-corrected chi connectivity index (χ1v) is 7.35. The van der Waals surface area contributed by atoms with Gasteiger partial charge in [0.15, 0.2) is 0 Å². The first kappa shape index (κ1) is 17.2. The maximum absolute atomic E-state index is 11.7. The van der Waals surface area contributed by atoms with Crippen LogP contribution in [0.4, 0.5) is 5.69 Å². The van der Waals surface area contributed by atoms with E-state index in [4.69, 9.17) is 4.74 Å². The topological polar surface area (TPSA) is 89.7 Å². The summed E-state index contributed by atoms with van der Waals surface area (Å²) in [5.74, 6) is -0.437. The van der Waals surface area contributed by atoms with E-state index in [1.807, 2.05) is 6.92 Å². The Morgan fingerprint density at radius 2 is 2.04 bits per heavy atom. The lowest BCUT2D eigenvalue weighted by Crippen LogP contribution is -2.02. The summed E-state index contributed by atoms with van der Waals surface area (Å²) < 4.78 is 5.40. The Bertz CT molecular complexity index is 811. The Balaban J connectivity index is 2.48. The lowest BCUT2D eigenvalue weighted by atomic mass is 9.98. The van der Waals surface area contributed by atoms with E-state index in [9.17, 15) is 20.0 Å². The largest absolute Gasteiger partial charge is 0.494 e. The number of carbonyl (C=O) groups is 1. The van der Waals surface area contributed by atoms with Crippen LogP contribution >= 0.6 is 0 Å². The Kier molecular flexibility index (Phi) is 5.31. The summed E-state index contributed by atoms with van der Waals surface area (Å²) in [6.45, 7) is 4.18. The molecule has 0 heterocycles. The Morgan fingerprint density at radius 1 is 1.29 bits per heavy atom. The third-order valence-corrected chi connectivity index (χ3v) is 3.42. The van der Waals surface area contributed by atoms with E-state index in [0.717, 1.165) is 5.56 Å². The normalized spacial score (nSPS) is 11.2. The summed E-state index contributed by atoms with van der Waals surface area (Å²) in [6.07, 6.45) is 1.43. The monoisotopic (exact) mass is 327 g/mol. The molecule has 124 valence electrons. The molecule has 0 unspecified atom stereocenters. The molecule has 0 fully saturated rings. The van der Waals surface area contributed by atoms with Gasteiger partial charge in [0.25, 0.3) is 5.69 Å². The third kappa shape index (κ3) is 3.98. The molecule has 1 N–H and O–H groups in total. The van der Waals surface area contributed by atoms with Crippen molar-refractivity contribution in [1.82, 2.24) is 0 Å². The maximum Gasteiger partial charge on any atom is 0.336 e. The molecule has 0 radical (unpaired) electrons. The van der Waals surface area contributed by atoms with Gasteiger partial charge in [-0.15, -0.1) is 0 Å². The molecule has 2 rings (SSSR count). The molecule has 0 aromatic heterocycles. The number of ether oxygens (including phenoxy) is 1. The minimum absolute atomic E-state index is 0.0658. The summed E-state index contributed by atoms with van der Waals surface area (Å²) in [6, 6.07) is 11.0. The molecule has 0 bridgehead atoms. The van der Waals surface area contributed by atoms with Crippen molar-refractivity contribution in [3.63, 3.8) is 0 Å². The second-order valence-corrected chi connectivity index (χ2v) is 5.13. The molecule has 0 saturated carbocycles. The zero-order valence-electron chi connectivity index (χ0n) is 13.4. The fraction of sp³-hybridized carbons (Fsp3) is 0.167. The number of aryl methyl sites for hydroxylation is 1. The van der Waals surface area contributed by atoms with Gasteiger partial charge in [-0.1, -0.05) is 18.2 Å². The van der Waals surface area contributed by atoms with Gasteiger partial charge in [0.05, 0.1) is 17.1 Å². The van der Waals surface area contributed by atoms with E-state index >= 15 is 0 Å². The average Bonchev–Trinajstić information content (AvgIpc) is 2.53. The van der Waals surface area contributed by atoms with Gasteiger partial charge in [0.1, 0.15) is 5.75 Å². The minimum atomic E-state index is -1.10. The van der Waals surface area contributed by atoms with Gasteiger partial charge < -0.3 is 9.84 Å². The fourth-order valence-electron chi connectivity index (χ4n) is 2.34. The van der Waals surface area contributed by atoms with E-state index in [2.05, 4.69) is 0 Å². The van der Waals surface area contributed by atoms with Crippen LogP contribution in [0, 0.1) is 17.0 Å². The number of benzene rings is 2. The molecule has 24 heavy (non-hydrogen) atoms. The van der Waals surface area contributed by atoms with Gasteiger partial charge in [0, 0.05) is 12.1 Å². The number of carboxylic acid groups (broad SMARTS) is 1. The van der Waals surface area contributed by atoms with Crippen molar-refractivity contribution in [2.45, 2.75) is 13.8 Å². The van der Waals surface area contributed by atoms with E-state index in [-0.39, 0.29) is 11.3 Å². The van der Waals surface area contributed by atoms with Crippen LogP contribution in [-0.2, 0) is 4.79 Å². The van der Waals surface area contributed by atoms with E-state index in [1.54, 1.807) is 31.2 Å². The predicted molar refractivity (Wildman–Crippen MR) is 91.0 cm³/mol. The van der Waals surface area contributed by atoms with Crippen LogP contribution in [0.15, 0.2) is 42.5 Å². The summed E-state index contributed by atoms with van der Waals surface area (Å²) in [4.78, 5) is 22.0. The highest BCUT2D eigenvalue weighted by Gasteiger charge is 2.14. The van der Waals surface area contributed by atoms with Crippen LogP contribution < -0.4 is 4.74 Å². The molecule has 0 spiro atoms. The van der Waals surface area contributed by atoms with Crippen molar-refractivity contribution in [1.29, 1.82) is 0 Å². The van der Waals surface area contributed by atoms with Crippen molar-refractivity contribution < 1.29 is 19.6 Å². The van der Waals surface area contributed by atoms with Gasteiger partial charge in [-0.25, -0.2) is 4.79 Å². The molecule has 2 aromatic carbocycles. The van der Waals surface area contributed by atoms with E-state index < -0.39 is 10.9 Å². The van der Waals surface area contributed by atoms with Crippen LogP contribution in [0.25, 0.3) is 11.6 Å². The fourth-order valence-corrected chi connectivity index (χ4v) is 2.34. The Morgan fingerprint density at radius 3 is 2.62 bits per heavy atom. The average molecular weight is 327 g/mol. The van der Waals surface area contributed by atoms with Crippen molar-refractivity contribution in [2.24, 2.45) is 0 Å². The number of aliphatic carboxylic acids is 1. The van der Waals surface area contributed by atoms with Crippen LogP contribution in [0.3, 0.4) is 0 Å². The summed E-state index contributed by atoms with van der Waals surface area (Å²) >= 11 is 0. The highest BCUT2D eigenvalue weighted by molar-refractivity contribution is 6.21. The molecule has 0 amide bonds. The van der Waals surface area contributed by atoms with Crippen molar-refractivity contribution in [2.75, 3.05) is 6.61 Å². The van der Waals surface area contributed by atoms with Crippen LogP contribution in [0.1, 0.15) is 23.6 Å². The minimum Gasteiger partial charge on any atom is -0.494 e. The third-order valence-electron chi connectivity index (χ3n) is 3.42. The molecule has 0 aliphatic heterocycles. The number of nitro groups is 1. The number of hydrogen-bond donors (Lipinski definition) is 1. The van der Waals surface area contributed by atoms with Gasteiger partial charge in [-0.2, -0.15) is 0 Å². The second kappa shape index (κ2) is 7.41. The van der Waals surface area contributed by atoms with E-state index in [0.29, 0.717) is 23.5 Å². The molecule has 0 saturated heterocycles. The van der Waals surface area contributed by atoms with Crippen molar-refractivity contribution >= 4 is 23.3 Å². The molecule has 0 aliphatic rings. The molecule has 0 aliphatic carbocycles. The number of nitro benzene ring substituents is 1. The number of carboxylic acids is 1. The van der Waals surface area contributed by atoms with Crippen LogP contribution in [0.2, 0.25) is 0 Å². The molecule has 6 nitrogen and oxygen atoms in total. The summed E-state index contributed by atoms with van der Waals surface area (Å²) in [5.41, 5.74) is 1.72. The quantitative estimate of drug-likeness (QED) is 0.376. The molecular weight excluding hydrogens is 310 g/mol. The smallest absolute Gasteiger partial charge is 0.336 e. The Hall–Kier alpha value is -3.15. The maximum atomic E-state index is 11.7. The second-order valence-electron chi connectivity index (χ2n) is 5.13. The lowest BCUT2D eigenvalue weighted by molar-refractivity contribution is -0.384. The summed E-state index contributed by atoms with van der Waals surface area (Å²) in [7, 11) is 0. The van der Waals surface area contributed by atoms with Gasteiger partial charge in [-0.05, 0) is 48.7 Å². The van der Waals surface area contributed by atoms with Gasteiger partial charge in [0.2, 0.25) is 0 Å². The lowest BCUT2D eigenvalue weighted by Gasteiger charge is -2.10. The van der Waals surface area contributed by atoms with Crippen molar-refractivity contribution in [3.05, 3.63) is 69.3 Å². The first-order chi connectivity index (χ1) is 11.4. The predicted octanol–water partition coefficient (Wildman–Crippen LogP) is 3.93. The zero-order valence-corrected chi connectivity index (χ0v) is 13.4. The van der Waals surface area contributed by atoms with Gasteiger partial charge >= 0.3 is 5.97 Å². The molecule has 6 heteroatoms. The highest BCUT2D eigenvalue weighted by atomic mass is 16.6. The number of rotatable bonds is 6. The highest BCUT2D eigenvalue weighted by Crippen LogP contribution is 2.26. The summed E-state index contributed by atoms with van der Waals surface area (Å²) in [5, 5.41) is 20.4. The number of non-ortho nitro benzene ring substituents is 1. The number of hydrogen-bond acceptors (Lipinski definition) is 4. The first-order valence-electron chi connectivity index (χ1n) is 7.35. The Labute approximate surface area is 139 Å². The SMILES string of the molecule is CCOc1ccc(/C(=C/c2cccc([N+](=O)[O-])c2)C(=O)O)c(C)c1. The van der Waals surface area contributed by atoms with Crippen molar-refractivity contribution in [3.8, 4) is 5.75 Å². The van der Waals surface area contributed by atoms with E-state index in [1.165, 1.54) is 24.3 Å². The molecule has 0 atom stereocenters. The molecular formula is C18H17NO5. The standard InChI is InChI=1S/C18H17NO5/c1-3-24-15-7-8-16(12(2)9-15)17(18(20)21)11-13-5-4-6-14(10-13)19(22)23/h4-11H,3H2,1-2H3,(H,20,21)/b17-11-. The van der Waals surface area contributed by atoms with Crippen LogP contribution in [-0.4, -0.2) is 22.6 Å². The zero-order chi connectivity index (χ0) is 17.7. The molecule has 2 aromatic rings.